The quantitative estimate of drug-likeness (QED) is 0.638. The number of nitrogens with zero attached hydrogens (tertiary/aromatic N) is 6. The monoisotopic (exact) mass is 476 g/mol. The highest BCUT2D eigenvalue weighted by Gasteiger charge is 2.38. The Kier molecular flexibility index (Phi) is 6.62. The van der Waals surface area contributed by atoms with Gasteiger partial charge < -0.3 is 19.6 Å². The van der Waals surface area contributed by atoms with Gasteiger partial charge in [-0.15, -0.1) is 0 Å². The fraction of sp³-hybridized carbons (Fsp3) is 0.556. The number of fused-ring (bicyclic) bond motifs is 1. The van der Waals surface area contributed by atoms with Gasteiger partial charge in [-0.25, -0.2) is 4.98 Å². The van der Waals surface area contributed by atoms with E-state index in [0.717, 1.165) is 43.6 Å². The molecule has 2 aromatic rings. The lowest BCUT2D eigenvalue weighted by atomic mass is 10.0. The summed E-state index contributed by atoms with van der Waals surface area (Å²) in [5, 5.41) is 0. The summed E-state index contributed by atoms with van der Waals surface area (Å²) < 4.78 is 0. The summed E-state index contributed by atoms with van der Waals surface area (Å²) in [5.74, 6) is 1.66. The molecular weight excluding hydrogens is 440 g/mol. The van der Waals surface area contributed by atoms with Crippen LogP contribution in [0.2, 0.25) is 0 Å². The third kappa shape index (κ3) is 4.70. The number of benzene rings is 1. The standard InChI is InChI=1S/C27H36N6O2/c1-19(2)33-18-23-24(26(33)35)28-27(31-16-14-30(15-17-31)20(3)34)29-25(23)32-13-7-10-22(32)12-11-21-8-5-4-6-9-21/h4-6,8-9,19,22H,7,10-18H2,1-3H3. The van der Waals surface area contributed by atoms with Crippen LogP contribution >= 0.6 is 0 Å². The number of amides is 2. The van der Waals surface area contributed by atoms with Gasteiger partial charge in [0, 0.05) is 57.3 Å². The summed E-state index contributed by atoms with van der Waals surface area (Å²) in [5.41, 5.74) is 2.89. The number of aryl methyl sites for hydroxylation is 1. The van der Waals surface area contributed by atoms with Crippen molar-refractivity contribution in [3.8, 4) is 0 Å². The molecule has 4 heterocycles. The fourth-order valence-electron chi connectivity index (χ4n) is 5.57. The molecule has 186 valence electrons. The molecule has 0 aliphatic carbocycles. The molecule has 0 saturated carbocycles. The van der Waals surface area contributed by atoms with E-state index in [1.165, 1.54) is 5.56 Å². The summed E-state index contributed by atoms with van der Waals surface area (Å²) >= 11 is 0. The van der Waals surface area contributed by atoms with Crippen LogP contribution < -0.4 is 9.80 Å². The number of rotatable bonds is 6. The molecule has 2 amide bonds. The minimum Gasteiger partial charge on any atom is -0.353 e. The molecule has 1 unspecified atom stereocenters. The van der Waals surface area contributed by atoms with Gasteiger partial charge in [0.1, 0.15) is 11.5 Å². The van der Waals surface area contributed by atoms with Gasteiger partial charge >= 0.3 is 0 Å². The third-order valence-electron chi connectivity index (χ3n) is 7.65. The first-order chi connectivity index (χ1) is 16.9. The molecular formula is C27H36N6O2. The van der Waals surface area contributed by atoms with E-state index in [-0.39, 0.29) is 17.9 Å². The molecule has 0 radical (unpaired) electrons. The van der Waals surface area contributed by atoms with E-state index in [4.69, 9.17) is 9.97 Å². The number of carbonyl (C=O) groups excluding carboxylic acids is 2. The third-order valence-corrected chi connectivity index (χ3v) is 7.65. The van der Waals surface area contributed by atoms with Crippen molar-refractivity contribution in [2.75, 3.05) is 42.5 Å². The maximum Gasteiger partial charge on any atom is 0.273 e. The smallest absolute Gasteiger partial charge is 0.273 e. The number of piperazine rings is 1. The Hall–Kier alpha value is -3.16. The fourth-order valence-corrected chi connectivity index (χ4v) is 5.57. The summed E-state index contributed by atoms with van der Waals surface area (Å²) in [4.78, 5) is 43.3. The predicted molar refractivity (Wildman–Crippen MR) is 137 cm³/mol. The summed E-state index contributed by atoms with van der Waals surface area (Å²) in [6.45, 7) is 9.91. The molecule has 35 heavy (non-hydrogen) atoms. The van der Waals surface area contributed by atoms with Crippen LogP contribution in [0.15, 0.2) is 30.3 Å². The molecule has 2 saturated heterocycles. The van der Waals surface area contributed by atoms with Gasteiger partial charge in [-0.1, -0.05) is 30.3 Å². The van der Waals surface area contributed by atoms with Gasteiger partial charge in [0.2, 0.25) is 11.9 Å². The van der Waals surface area contributed by atoms with E-state index in [0.29, 0.717) is 50.4 Å². The molecule has 3 aliphatic rings. The molecule has 8 nitrogen and oxygen atoms in total. The van der Waals surface area contributed by atoms with Gasteiger partial charge in [0.05, 0.1) is 6.54 Å². The van der Waals surface area contributed by atoms with Gasteiger partial charge in [-0.3, -0.25) is 9.59 Å². The first-order valence-corrected chi connectivity index (χ1v) is 12.9. The van der Waals surface area contributed by atoms with Crippen molar-refractivity contribution in [3.63, 3.8) is 0 Å². The van der Waals surface area contributed by atoms with Gasteiger partial charge in [-0.2, -0.15) is 4.98 Å². The first kappa shape index (κ1) is 23.6. The molecule has 1 atom stereocenters. The van der Waals surface area contributed by atoms with E-state index < -0.39 is 0 Å². The molecule has 1 aromatic carbocycles. The first-order valence-electron chi connectivity index (χ1n) is 12.9. The zero-order valence-corrected chi connectivity index (χ0v) is 21.1. The highest BCUT2D eigenvalue weighted by molar-refractivity contribution is 5.98. The Morgan fingerprint density at radius 2 is 1.80 bits per heavy atom. The van der Waals surface area contributed by atoms with Crippen LogP contribution in [0.1, 0.15) is 61.6 Å². The molecule has 8 heteroatoms. The Morgan fingerprint density at radius 1 is 1.06 bits per heavy atom. The molecule has 5 rings (SSSR count). The zero-order valence-electron chi connectivity index (χ0n) is 21.1. The number of hydrogen-bond donors (Lipinski definition) is 0. The van der Waals surface area contributed by atoms with E-state index in [1.54, 1.807) is 6.92 Å². The van der Waals surface area contributed by atoms with Crippen molar-refractivity contribution >= 4 is 23.6 Å². The molecule has 0 spiro atoms. The zero-order chi connectivity index (χ0) is 24.5. The Morgan fingerprint density at radius 3 is 2.49 bits per heavy atom. The maximum atomic E-state index is 13.3. The highest BCUT2D eigenvalue weighted by atomic mass is 16.2. The van der Waals surface area contributed by atoms with Crippen LogP contribution in [0, 0.1) is 0 Å². The molecule has 0 bridgehead atoms. The molecule has 1 aromatic heterocycles. The largest absolute Gasteiger partial charge is 0.353 e. The Bertz CT molecular complexity index is 1080. The van der Waals surface area contributed by atoms with Crippen LogP contribution in [-0.4, -0.2) is 76.4 Å². The van der Waals surface area contributed by atoms with E-state index in [9.17, 15) is 9.59 Å². The minimum atomic E-state index is 0.00213. The van der Waals surface area contributed by atoms with Gasteiger partial charge in [0.15, 0.2) is 0 Å². The van der Waals surface area contributed by atoms with Crippen molar-refractivity contribution in [1.29, 1.82) is 0 Å². The highest BCUT2D eigenvalue weighted by Crippen LogP contribution is 2.36. The second-order valence-electron chi connectivity index (χ2n) is 10.2. The van der Waals surface area contributed by atoms with Crippen molar-refractivity contribution in [3.05, 3.63) is 47.2 Å². The lowest BCUT2D eigenvalue weighted by Crippen LogP contribution is -2.48. The molecule has 0 N–H and O–H groups in total. The van der Waals surface area contributed by atoms with Crippen LogP contribution in [0.5, 0.6) is 0 Å². The summed E-state index contributed by atoms with van der Waals surface area (Å²) in [7, 11) is 0. The molecule has 2 fully saturated rings. The van der Waals surface area contributed by atoms with E-state index in [1.807, 2.05) is 9.80 Å². The minimum absolute atomic E-state index is 0.00213. The van der Waals surface area contributed by atoms with E-state index >= 15 is 0 Å². The van der Waals surface area contributed by atoms with Gasteiger partial charge in [0.25, 0.3) is 5.91 Å². The van der Waals surface area contributed by atoms with E-state index in [2.05, 4.69) is 54.0 Å². The van der Waals surface area contributed by atoms with Crippen molar-refractivity contribution in [2.24, 2.45) is 0 Å². The summed E-state index contributed by atoms with van der Waals surface area (Å²) in [6, 6.07) is 11.2. The molecule has 3 aliphatic heterocycles. The predicted octanol–water partition coefficient (Wildman–Crippen LogP) is 3.11. The normalized spacial score (nSPS) is 20.2. The van der Waals surface area contributed by atoms with Gasteiger partial charge in [-0.05, 0) is 45.1 Å². The van der Waals surface area contributed by atoms with Crippen LogP contribution in [0.4, 0.5) is 11.8 Å². The van der Waals surface area contributed by atoms with Crippen molar-refractivity contribution in [2.45, 2.75) is 65.1 Å². The number of anilines is 2. The van der Waals surface area contributed by atoms with Crippen LogP contribution in [0.3, 0.4) is 0 Å². The number of hydrogen-bond acceptors (Lipinski definition) is 6. The lowest BCUT2D eigenvalue weighted by molar-refractivity contribution is -0.129. The second kappa shape index (κ2) is 9.84. The number of carbonyl (C=O) groups is 2. The van der Waals surface area contributed by atoms with Crippen molar-refractivity contribution < 1.29 is 9.59 Å². The second-order valence-corrected chi connectivity index (χ2v) is 10.2. The van der Waals surface area contributed by atoms with Crippen molar-refractivity contribution in [1.82, 2.24) is 19.8 Å². The lowest BCUT2D eigenvalue weighted by Gasteiger charge is -2.35. The topological polar surface area (TPSA) is 72.9 Å². The Labute approximate surface area is 207 Å². The Balaban J connectivity index is 1.44. The summed E-state index contributed by atoms with van der Waals surface area (Å²) in [6.07, 6.45) is 4.37. The average molecular weight is 477 g/mol. The van der Waals surface area contributed by atoms with Crippen LogP contribution in [0.25, 0.3) is 0 Å². The van der Waals surface area contributed by atoms with Crippen LogP contribution in [-0.2, 0) is 17.8 Å². The number of aromatic nitrogens is 2. The SMILES string of the molecule is CC(=O)N1CCN(c2nc3c(c(N4CCCC4CCc4ccccc4)n2)CN(C(C)C)C3=O)CC1. The average Bonchev–Trinajstić information content (AvgIpc) is 3.47. The maximum absolute atomic E-state index is 13.3.